The monoisotopic (exact) mass is 526 g/mol. The van der Waals surface area contributed by atoms with Gasteiger partial charge in [-0.3, -0.25) is 9.59 Å². The van der Waals surface area contributed by atoms with Crippen LogP contribution in [0.1, 0.15) is 28.3 Å². The standard InChI is InChI=1S/C32H34N2O5/c1-5-19-38-27-16-13-25(20-22(27)2)30(35)28-29(34(18-17-33(3)4)32(37)31(28)36)24-11-14-26(15-12-24)39-21-23-9-7-6-8-10-23/h5-16,20,29,35H,1,17-19,21H2,2-4H3. The molecule has 1 aliphatic rings. The fourth-order valence-corrected chi connectivity index (χ4v) is 4.52. The molecule has 1 aliphatic heterocycles. The predicted molar refractivity (Wildman–Crippen MR) is 152 cm³/mol. The Balaban J connectivity index is 1.68. The molecule has 1 atom stereocenters. The zero-order valence-electron chi connectivity index (χ0n) is 22.6. The number of hydrogen-bond donors (Lipinski definition) is 1. The van der Waals surface area contributed by atoms with E-state index in [-0.39, 0.29) is 11.3 Å². The molecule has 1 unspecified atom stereocenters. The summed E-state index contributed by atoms with van der Waals surface area (Å²) in [7, 11) is 3.81. The van der Waals surface area contributed by atoms with Crippen LogP contribution < -0.4 is 9.47 Å². The van der Waals surface area contributed by atoms with Crippen molar-refractivity contribution >= 4 is 17.4 Å². The number of aliphatic hydroxyl groups is 1. The van der Waals surface area contributed by atoms with Gasteiger partial charge in [0.1, 0.15) is 30.5 Å². The van der Waals surface area contributed by atoms with Gasteiger partial charge in [-0.25, -0.2) is 0 Å². The van der Waals surface area contributed by atoms with Crippen molar-refractivity contribution in [3.8, 4) is 11.5 Å². The van der Waals surface area contributed by atoms with Crippen LogP contribution >= 0.6 is 0 Å². The second-order valence-corrected chi connectivity index (χ2v) is 9.72. The number of carbonyl (C=O) groups is 2. The minimum absolute atomic E-state index is 0.0656. The maximum atomic E-state index is 13.3. The topological polar surface area (TPSA) is 79.3 Å². The number of rotatable bonds is 11. The summed E-state index contributed by atoms with van der Waals surface area (Å²) in [5.41, 5.74) is 3.06. The van der Waals surface area contributed by atoms with Gasteiger partial charge in [-0.2, -0.15) is 0 Å². The molecule has 202 valence electrons. The van der Waals surface area contributed by atoms with Crippen LogP contribution in [0.5, 0.6) is 11.5 Å². The zero-order chi connectivity index (χ0) is 27.9. The van der Waals surface area contributed by atoms with Crippen molar-refractivity contribution in [3.63, 3.8) is 0 Å². The molecule has 7 heteroatoms. The van der Waals surface area contributed by atoms with E-state index >= 15 is 0 Å². The highest BCUT2D eigenvalue weighted by Crippen LogP contribution is 2.40. The molecule has 7 nitrogen and oxygen atoms in total. The predicted octanol–water partition coefficient (Wildman–Crippen LogP) is 5.12. The van der Waals surface area contributed by atoms with E-state index in [1.807, 2.05) is 80.5 Å². The van der Waals surface area contributed by atoms with E-state index in [9.17, 15) is 14.7 Å². The Morgan fingerprint density at radius 3 is 2.38 bits per heavy atom. The third-order valence-electron chi connectivity index (χ3n) is 6.58. The molecule has 1 saturated heterocycles. The van der Waals surface area contributed by atoms with Crippen LogP contribution in [0, 0.1) is 6.92 Å². The fraction of sp³-hybridized carbons (Fsp3) is 0.250. The van der Waals surface area contributed by atoms with Crippen LogP contribution in [0.4, 0.5) is 0 Å². The lowest BCUT2D eigenvalue weighted by Crippen LogP contribution is -2.35. The number of aryl methyl sites for hydroxylation is 1. The number of Topliss-reactive ketones (excluding diaryl/α,β-unsaturated/α-hetero) is 1. The van der Waals surface area contributed by atoms with Crippen molar-refractivity contribution in [3.05, 3.63) is 113 Å². The van der Waals surface area contributed by atoms with Gasteiger partial charge in [0.25, 0.3) is 11.7 Å². The molecule has 1 heterocycles. The van der Waals surface area contributed by atoms with Crippen molar-refractivity contribution in [2.45, 2.75) is 19.6 Å². The van der Waals surface area contributed by atoms with Crippen LogP contribution in [0.25, 0.3) is 5.76 Å². The Hall–Kier alpha value is -4.36. The highest BCUT2D eigenvalue weighted by atomic mass is 16.5. The fourth-order valence-electron chi connectivity index (χ4n) is 4.52. The molecule has 0 aliphatic carbocycles. The van der Waals surface area contributed by atoms with Crippen molar-refractivity contribution in [2.24, 2.45) is 0 Å². The van der Waals surface area contributed by atoms with Crippen LogP contribution in [0.3, 0.4) is 0 Å². The van der Waals surface area contributed by atoms with E-state index in [0.717, 1.165) is 11.1 Å². The van der Waals surface area contributed by atoms with Crippen molar-refractivity contribution in [1.82, 2.24) is 9.80 Å². The van der Waals surface area contributed by atoms with E-state index in [1.165, 1.54) is 4.90 Å². The van der Waals surface area contributed by atoms with Gasteiger partial charge in [0.2, 0.25) is 0 Å². The Kier molecular flexibility index (Phi) is 8.84. The first kappa shape index (κ1) is 27.7. The molecule has 0 spiro atoms. The van der Waals surface area contributed by atoms with E-state index in [0.29, 0.717) is 48.9 Å². The number of nitrogens with zero attached hydrogens (tertiary/aromatic N) is 2. The smallest absolute Gasteiger partial charge is 0.295 e. The van der Waals surface area contributed by atoms with Crippen molar-refractivity contribution in [1.29, 1.82) is 0 Å². The van der Waals surface area contributed by atoms with Gasteiger partial charge in [-0.1, -0.05) is 55.1 Å². The van der Waals surface area contributed by atoms with Crippen LogP contribution in [0.2, 0.25) is 0 Å². The summed E-state index contributed by atoms with van der Waals surface area (Å²) in [6.07, 6.45) is 1.65. The van der Waals surface area contributed by atoms with Crippen molar-refractivity contribution < 1.29 is 24.2 Å². The Morgan fingerprint density at radius 2 is 1.74 bits per heavy atom. The molecule has 0 bridgehead atoms. The molecule has 3 aromatic rings. The molecule has 0 radical (unpaired) electrons. The third-order valence-corrected chi connectivity index (χ3v) is 6.58. The van der Waals surface area contributed by atoms with Crippen LogP contribution in [-0.4, -0.2) is 60.4 Å². The largest absolute Gasteiger partial charge is 0.507 e. The molecule has 1 fully saturated rings. The summed E-state index contributed by atoms with van der Waals surface area (Å²) in [6, 6.07) is 21.6. The first-order valence-corrected chi connectivity index (χ1v) is 12.8. The summed E-state index contributed by atoms with van der Waals surface area (Å²) in [4.78, 5) is 29.9. The van der Waals surface area contributed by atoms with Gasteiger partial charge in [0.15, 0.2) is 0 Å². The van der Waals surface area contributed by atoms with Crippen LogP contribution in [0.15, 0.2) is 91.0 Å². The Bertz CT molecular complexity index is 1360. The number of hydrogen-bond acceptors (Lipinski definition) is 6. The van der Waals surface area contributed by atoms with E-state index in [1.54, 1.807) is 24.3 Å². The molecular weight excluding hydrogens is 492 g/mol. The second kappa shape index (κ2) is 12.5. The van der Waals surface area contributed by atoms with Gasteiger partial charge in [-0.15, -0.1) is 0 Å². The number of carbonyl (C=O) groups excluding carboxylic acids is 2. The Morgan fingerprint density at radius 1 is 1.03 bits per heavy atom. The lowest BCUT2D eigenvalue weighted by Gasteiger charge is -2.26. The summed E-state index contributed by atoms with van der Waals surface area (Å²) < 4.78 is 11.6. The maximum Gasteiger partial charge on any atom is 0.295 e. The number of likely N-dealkylation sites (N-methyl/N-ethyl adjacent to an activating group) is 1. The molecule has 0 saturated carbocycles. The van der Waals surface area contributed by atoms with Crippen LogP contribution in [-0.2, 0) is 16.2 Å². The molecular formula is C32H34N2O5. The van der Waals surface area contributed by atoms with Gasteiger partial charge < -0.3 is 24.4 Å². The normalized spacial score (nSPS) is 16.5. The average molecular weight is 527 g/mol. The maximum absolute atomic E-state index is 13.3. The third kappa shape index (κ3) is 6.38. The number of likely N-dealkylation sites (tertiary alicyclic amines) is 1. The SMILES string of the molecule is C=CCOc1ccc(C(O)=C2C(=O)C(=O)N(CCN(C)C)C2c2ccc(OCc3ccccc3)cc2)cc1C. The zero-order valence-corrected chi connectivity index (χ0v) is 22.6. The lowest BCUT2D eigenvalue weighted by molar-refractivity contribution is -0.140. The lowest BCUT2D eigenvalue weighted by atomic mass is 9.94. The average Bonchev–Trinajstić information content (AvgIpc) is 3.19. The number of amides is 1. The molecule has 0 aromatic heterocycles. The molecule has 39 heavy (non-hydrogen) atoms. The second-order valence-electron chi connectivity index (χ2n) is 9.72. The summed E-state index contributed by atoms with van der Waals surface area (Å²) >= 11 is 0. The first-order chi connectivity index (χ1) is 18.8. The van der Waals surface area contributed by atoms with Gasteiger partial charge >= 0.3 is 0 Å². The molecule has 1 amide bonds. The highest BCUT2D eigenvalue weighted by molar-refractivity contribution is 6.46. The van der Waals surface area contributed by atoms with Gasteiger partial charge in [0.05, 0.1) is 11.6 Å². The van der Waals surface area contributed by atoms with Gasteiger partial charge in [0, 0.05) is 18.7 Å². The van der Waals surface area contributed by atoms with E-state index in [4.69, 9.17) is 9.47 Å². The molecule has 4 rings (SSSR count). The van der Waals surface area contributed by atoms with E-state index < -0.39 is 17.7 Å². The Labute approximate surface area is 229 Å². The molecule has 1 N–H and O–H groups in total. The number of aliphatic hydroxyl groups excluding tert-OH is 1. The number of benzene rings is 3. The minimum Gasteiger partial charge on any atom is -0.507 e. The van der Waals surface area contributed by atoms with Crippen molar-refractivity contribution in [2.75, 3.05) is 33.8 Å². The molecule has 3 aromatic carbocycles. The summed E-state index contributed by atoms with van der Waals surface area (Å²) in [5.74, 6) is -0.228. The highest BCUT2D eigenvalue weighted by Gasteiger charge is 2.45. The first-order valence-electron chi connectivity index (χ1n) is 12.8. The van der Waals surface area contributed by atoms with Gasteiger partial charge in [-0.05, 0) is 68.0 Å². The summed E-state index contributed by atoms with van der Waals surface area (Å²) in [6.45, 7) is 7.20. The quantitative estimate of drug-likeness (QED) is 0.162. The van der Waals surface area contributed by atoms with E-state index in [2.05, 4.69) is 6.58 Å². The number of ketones is 1. The summed E-state index contributed by atoms with van der Waals surface area (Å²) in [5, 5.41) is 11.4. The minimum atomic E-state index is -0.731. The number of ether oxygens (including phenoxy) is 2.